The van der Waals surface area contributed by atoms with E-state index < -0.39 is 23.7 Å². The van der Waals surface area contributed by atoms with Gasteiger partial charge in [0.25, 0.3) is 5.91 Å². The summed E-state index contributed by atoms with van der Waals surface area (Å²) >= 11 is 0. The molecule has 1 aliphatic carbocycles. The first-order valence-corrected chi connectivity index (χ1v) is 9.55. The molecule has 0 N–H and O–H groups in total. The highest BCUT2D eigenvalue weighted by molar-refractivity contribution is 6.11. The molecule has 6 heteroatoms. The van der Waals surface area contributed by atoms with E-state index in [1.807, 2.05) is 26.0 Å². The summed E-state index contributed by atoms with van der Waals surface area (Å²) in [5.41, 5.74) is 2.61. The van der Waals surface area contributed by atoms with Crippen molar-refractivity contribution in [2.24, 2.45) is 5.41 Å². The second-order valence-corrected chi connectivity index (χ2v) is 7.88. The molecule has 3 rings (SSSR count). The highest BCUT2D eigenvalue weighted by Gasteiger charge is 2.46. The van der Waals surface area contributed by atoms with Crippen LogP contribution in [0, 0.1) is 31.1 Å². The number of Topliss-reactive ketones (excluding diaryl/α,β-unsaturated/α-hetero) is 2. The van der Waals surface area contributed by atoms with Crippen LogP contribution in [-0.2, 0) is 14.4 Å². The molecule has 1 aromatic carbocycles. The van der Waals surface area contributed by atoms with Crippen molar-refractivity contribution in [1.82, 2.24) is 4.90 Å². The lowest BCUT2D eigenvalue weighted by atomic mass is 9.64. The highest BCUT2D eigenvalue weighted by Crippen LogP contribution is 2.45. The molecule has 4 nitrogen and oxygen atoms in total. The van der Waals surface area contributed by atoms with E-state index in [4.69, 9.17) is 0 Å². The molecule has 29 heavy (non-hydrogen) atoms. The van der Waals surface area contributed by atoms with Gasteiger partial charge in [-0.15, -0.1) is 5.92 Å². The molecule has 0 bridgehead atoms. The Bertz CT molecular complexity index is 927. The topological polar surface area (TPSA) is 54.5 Å². The standard InChI is InChI=1S/C23H23F2NO3/c1-4-5-16-10-14(2)19(15(3)11-16)20-17(27)12-23(13-18(20)28)6-8-26(9-7-23)22(29)21(24)25/h6,8,10-11,20-21H,7,9,12-13H2,1-3H3. The Kier molecular flexibility index (Phi) is 5.70. The number of halogens is 2. The lowest BCUT2D eigenvalue weighted by Crippen LogP contribution is -2.44. The van der Waals surface area contributed by atoms with Gasteiger partial charge in [0.05, 0.1) is 0 Å². The lowest BCUT2D eigenvalue weighted by Gasteiger charge is -2.40. The van der Waals surface area contributed by atoms with Gasteiger partial charge in [-0.25, -0.2) is 0 Å². The third kappa shape index (κ3) is 4.00. The number of ketones is 2. The first-order chi connectivity index (χ1) is 13.7. The molecule has 0 unspecified atom stereocenters. The van der Waals surface area contributed by atoms with Gasteiger partial charge in [0.15, 0.2) is 0 Å². The zero-order valence-corrected chi connectivity index (χ0v) is 16.7. The molecule has 1 saturated carbocycles. The van der Waals surface area contributed by atoms with Crippen molar-refractivity contribution in [2.45, 2.75) is 52.4 Å². The van der Waals surface area contributed by atoms with Gasteiger partial charge in [0, 0.05) is 36.6 Å². The van der Waals surface area contributed by atoms with Crippen LogP contribution in [0.4, 0.5) is 8.78 Å². The van der Waals surface area contributed by atoms with Gasteiger partial charge in [-0.3, -0.25) is 14.4 Å². The number of carbonyl (C=O) groups excluding carboxylic acids is 3. The zero-order valence-electron chi connectivity index (χ0n) is 16.7. The van der Waals surface area contributed by atoms with Gasteiger partial charge in [0.2, 0.25) is 0 Å². The van der Waals surface area contributed by atoms with Gasteiger partial charge >= 0.3 is 6.43 Å². The summed E-state index contributed by atoms with van der Waals surface area (Å²) in [6.07, 6.45) is 0.447. The van der Waals surface area contributed by atoms with E-state index in [1.165, 1.54) is 6.20 Å². The molecule has 152 valence electrons. The summed E-state index contributed by atoms with van der Waals surface area (Å²) in [6.45, 7) is 5.58. The minimum atomic E-state index is -3.07. The Balaban J connectivity index is 1.86. The number of rotatable bonds is 2. The normalized spacial score (nSPS) is 24.1. The maximum atomic E-state index is 13.0. The van der Waals surface area contributed by atoms with Gasteiger partial charge in [-0.05, 0) is 56.0 Å². The van der Waals surface area contributed by atoms with Crippen molar-refractivity contribution in [1.29, 1.82) is 0 Å². The van der Waals surface area contributed by atoms with E-state index in [0.717, 1.165) is 27.2 Å². The molecular weight excluding hydrogens is 376 g/mol. The van der Waals surface area contributed by atoms with Crippen LogP contribution in [0.15, 0.2) is 24.4 Å². The molecule has 1 heterocycles. The summed E-state index contributed by atoms with van der Waals surface area (Å²) in [5.74, 6) is 3.44. The number of amides is 1. The molecule has 0 atom stereocenters. The van der Waals surface area contributed by atoms with Crippen LogP contribution in [0.5, 0.6) is 0 Å². The van der Waals surface area contributed by atoms with Crippen LogP contribution in [0.3, 0.4) is 0 Å². The molecule has 0 radical (unpaired) electrons. The number of carbonyl (C=O) groups is 3. The predicted octanol–water partition coefficient (Wildman–Crippen LogP) is 3.69. The minimum Gasteiger partial charge on any atom is -0.314 e. The zero-order chi connectivity index (χ0) is 21.3. The van der Waals surface area contributed by atoms with Gasteiger partial charge in [-0.2, -0.15) is 8.78 Å². The lowest BCUT2D eigenvalue weighted by molar-refractivity contribution is -0.141. The van der Waals surface area contributed by atoms with E-state index >= 15 is 0 Å². The molecule has 1 fully saturated rings. The number of allylic oxidation sites excluding steroid dienone is 1. The third-order valence-corrected chi connectivity index (χ3v) is 5.78. The van der Waals surface area contributed by atoms with Crippen LogP contribution >= 0.6 is 0 Å². The average Bonchev–Trinajstić information content (AvgIpc) is 2.63. The number of hydrogen-bond donors (Lipinski definition) is 0. The number of benzene rings is 1. The molecule has 0 saturated heterocycles. The fraction of sp³-hybridized carbons (Fsp3) is 0.435. The molecule has 1 aliphatic heterocycles. The first-order valence-electron chi connectivity index (χ1n) is 9.55. The number of nitrogens with zero attached hydrogens (tertiary/aromatic N) is 1. The van der Waals surface area contributed by atoms with Gasteiger partial charge in [0.1, 0.15) is 17.5 Å². The summed E-state index contributed by atoms with van der Waals surface area (Å²) in [4.78, 5) is 38.5. The third-order valence-electron chi connectivity index (χ3n) is 5.78. The fourth-order valence-electron chi connectivity index (χ4n) is 4.46. The maximum Gasteiger partial charge on any atom is 0.316 e. The monoisotopic (exact) mass is 399 g/mol. The Morgan fingerprint density at radius 1 is 1.17 bits per heavy atom. The number of hydrogen-bond acceptors (Lipinski definition) is 3. The van der Waals surface area contributed by atoms with Crippen LogP contribution in [0.1, 0.15) is 54.4 Å². The molecular formula is C23H23F2NO3. The van der Waals surface area contributed by atoms with E-state index in [0.29, 0.717) is 6.42 Å². The quantitative estimate of drug-likeness (QED) is 0.563. The van der Waals surface area contributed by atoms with Crippen LogP contribution in [-0.4, -0.2) is 35.3 Å². The second kappa shape index (κ2) is 7.90. The van der Waals surface area contributed by atoms with E-state index in [9.17, 15) is 23.2 Å². The fourth-order valence-corrected chi connectivity index (χ4v) is 4.46. The minimum absolute atomic E-state index is 0.0767. The summed E-state index contributed by atoms with van der Waals surface area (Å²) < 4.78 is 25.2. The summed E-state index contributed by atoms with van der Waals surface area (Å²) in [5, 5.41) is 0. The average molecular weight is 399 g/mol. The van der Waals surface area contributed by atoms with Crippen molar-refractivity contribution in [2.75, 3.05) is 6.54 Å². The highest BCUT2D eigenvalue weighted by atomic mass is 19.3. The molecule has 1 aromatic rings. The van der Waals surface area contributed by atoms with Crippen molar-refractivity contribution in [3.63, 3.8) is 0 Å². The summed E-state index contributed by atoms with van der Waals surface area (Å²) in [6, 6.07) is 3.77. The van der Waals surface area contributed by atoms with Crippen molar-refractivity contribution >= 4 is 17.5 Å². The van der Waals surface area contributed by atoms with Gasteiger partial charge < -0.3 is 4.90 Å². The SMILES string of the molecule is CC#Cc1cc(C)c(C2C(=O)CC3(C=CN(C(=O)C(F)F)CC3)CC2=O)c(C)c1. The first kappa shape index (κ1) is 20.9. The van der Waals surface area contributed by atoms with Crippen molar-refractivity contribution < 1.29 is 23.2 Å². The predicted molar refractivity (Wildman–Crippen MR) is 104 cm³/mol. The second-order valence-electron chi connectivity index (χ2n) is 7.88. The molecule has 0 aromatic heterocycles. The Labute approximate surface area is 169 Å². The van der Waals surface area contributed by atoms with Crippen molar-refractivity contribution in [3.8, 4) is 11.8 Å². The Morgan fingerprint density at radius 2 is 1.76 bits per heavy atom. The van der Waals surface area contributed by atoms with Crippen LogP contribution < -0.4 is 0 Å². The molecule has 1 amide bonds. The van der Waals surface area contributed by atoms with Crippen molar-refractivity contribution in [3.05, 3.63) is 46.7 Å². The smallest absolute Gasteiger partial charge is 0.314 e. The van der Waals surface area contributed by atoms with Crippen LogP contribution in [0.25, 0.3) is 0 Å². The van der Waals surface area contributed by atoms with Crippen LogP contribution in [0.2, 0.25) is 0 Å². The maximum absolute atomic E-state index is 13.0. The largest absolute Gasteiger partial charge is 0.316 e. The Morgan fingerprint density at radius 3 is 2.21 bits per heavy atom. The molecule has 1 spiro atoms. The number of alkyl halides is 2. The van der Waals surface area contributed by atoms with E-state index in [1.54, 1.807) is 13.0 Å². The Hall–Kier alpha value is -2.81. The van der Waals surface area contributed by atoms with E-state index in [-0.39, 0.29) is 31.0 Å². The molecule has 2 aliphatic rings. The van der Waals surface area contributed by atoms with E-state index in [2.05, 4.69) is 11.8 Å². The number of aryl methyl sites for hydroxylation is 2. The van der Waals surface area contributed by atoms with Gasteiger partial charge in [-0.1, -0.05) is 12.0 Å². The summed E-state index contributed by atoms with van der Waals surface area (Å²) in [7, 11) is 0.